The molecule has 2 aromatic rings. The Labute approximate surface area is 146 Å². The molecule has 0 aliphatic carbocycles. The van der Waals surface area contributed by atoms with E-state index in [2.05, 4.69) is 9.97 Å². The second-order valence-electron chi connectivity index (χ2n) is 6.78. The summed E-state index contributed by atoms with van der Waals surface area (Å²) in [5.74, 6) is 0.635. The average Bonchev–Trinajstić information content (AvgIpc) is 2.97. The third kappa shape index (κ3) is 3.88. The first kappa shape index (κ1) is 17.6. The largest absolute Gasteiger partial charge is 0.390 e. The van der Waals surface area contributed by atoms with Gasteiger partial charge in [-0.15, -0.1) is 0 Å². The Hall–Kier alpha value is -2.25. The van der Waals surface area contributed by atoms with Crippen LogP contribution in [0.5, 0.6) is 0 Å². The summed E-state index contributed by atoms with van der Waals surface area (Å²) >= 11 is 0. The number of likely N-dealkylation sites (tertiary alicyclic amines) is 1. The van der Waals surface area contributed by atoms with Gasteiger partial charge in [0.25, 0.3) is 5.56 Å². The molecular weight excluding hydrogens is 320 g/mol. The van der Waals surface area contributed by atoms with Crippen LogP contribution in [0.1, 0.15) is 18.7 Å². The highest BCUT2D eigenvalue weighted by atomic mass is 16.3. The number of hydrogen-bond acceptors (Lipinski definition) is 5. The number of aromatic nitrogens is 2. The molecule has 0 unspecified atom stereocenters. The molecule has 3 rings (SSSR count). The molecule has 1 aliphatic rings. The van der Waals surface area contributed by atoms with Crippen LogP contribution in [-0.2, 0) is 11.2 Å². The van der Waals surface area contributed by atoms with E-state index in [0.717, 1.165) is 0 Å². The van der Waals surface area contributed by atoms with Gasteiger partial charge in [-0.3, -0.25) is 9.59 Å². The minimum atomic E-state index is -0.502. The number of para-hydroxylation sites is 1. The van der Waals surface area contributed by atoms with Crippen molar-refractivity contribution in [3.63, 3.8) is 0 Å². The lowest BCUT2D eigenvalue weighted by atomic mass is 10.2. The van der Waals surface area contributed by atoms with Crippen molar-refractivity contribution in [2.45, 2.75) is 31.4 Å². The number of H-pyrrole nitrogens is 1. The molecule has 2 heterocycles. The summed E-state index contributed by atoms with van der Waals surface area (Å²) in [7, 11) is 3.81. The van der Waals surface area contributed by atoms with Crippen LogP contribution >= 0.6 is 0 Å². The molecule has 1 amide bonds. The number of aryl methyl sites for hydroxylation is 1. The highest BCUT2D eigenvalue weighted by Gasteiger charge is 2.34. The summed E-state index contributed by atoms with van der Waals surface area (Å²) in [6.07, 6.45) is 1.03. The number of fused-ring (bicyclic) bond motifs is 1. The fourth-order valence-corrected chi connectivity index (χ4v) is 3.30. The molecule has 1 aliphatic heterocycles. The number of β-amino-alcohol motifs (C(OH)–C–C–N with tert-alkyl or cyclic N) is 1. The molecule has 2 N–H and O–H groups in total. The van der Waals surface area contributed by atoms with Crippen LogP contribution < -0.4 is 5.56 Å². The summed E-state index contributed by atoms with van der Waals surface area (Å²) < 4.78 is 0. The molecule has 0 bridgehead atoms. The lowest BCUT2D eigenvalue weighted by molar-refractivity contribution is -0.130. The van der Waals surface area contributed by atoms with Gasteiger partial charge in [0, 0.05) is 25.9 Å². The third-order valence-corrected chi connectivity index (χ3v) is 4.74. The molecule has 0 spiro atoms. The molecule has 7 heteroatoms. The molecule has 2 atom stereocenters. The van der Waals surface area contributed by atoms with E-state index in [1.165, 1.54) is 0 Å². The minimum absolute atomic E-state index is 0.0116. The van der Waals surface area contributed by atoms with Crippen LogP contribution in [0.25, 0.3) is 10.9 Å². The van der Waals surface area contributed by atoms with E-state index in [9.17, 15) is 14.7 Å². The monoisotopic (exact) mass is 344 g/mol. The third-order valence-electron chi connectivity index (χ3n) is 4.74. The molecule has 1 saturated heterocycles. The molecule has 0 saturated carbocycles. The first-order chi connectivity index (χ1) is 12.0. The number of nitrogens with zero attached hydrogens (tertiary/aromatic N) is 3. The summed E-state index contributed by atoms with van der Waals surface area (Å²) in [6.45, 7) is 0.935. The van der Waals surface area contributed by atoms with Gasteiger partial charge in [0.05, 0.1) is 23.0 Å². The fourth-order valence-electron chi connectivity index (χ4n) is 3.30. The molecule has 134 valence electrons. The van der Waals surface area contributed by atoms with E-state index in [1.54, 1.807) is 11.0 Å². The number of hydrogen-bond donors (Lipinski definition) is 2. The predicted octanol–water partition coefficient (Wildman–Crippen LogP) is 0.379. The van der Waals surface area contributed by atoms with Crippen molar-refractivity contribution < 1.29 is 9.90 Å². The number of aliphatic hydroxyl groups excluding tert-OH is 1. The molecule has 0 radical (unpaired) electrons. The van der Waals surface area contributed by atoms with Gasteiger partial charge >= 0.3 is 0 Å². The lowest BCUT2D eigenvalue weighted by Crippen LogP contribution is -2.38. The van der Waals surface area contributed by atoms with Gasteiger partial charge in [-0.05, 0) is 32.6 Å². The van der Waals surface area contributed by atoms with E-state index >= 15 is 0 Å². The van der Waals surface area contributed by atoms with Crippen molar-refractivity contribution in [3.05, 3.63) is 40.4 Å². The van der Waals surface area contributed by atoms with E-state index in [4.69, 9.17) is 0 Å². The van der Waals surface area contributed by atoms with Crippen LogP contribution in [0.2, 0.25) is 0 Å². The van der Waals surface area contributed by atoms with Gasteiger partial charge in [-0.2, -0.15) is 0 Å². The SMILES string of the molecule is CN(C)[C@H]1CN(C(=O)CCCc2nc3ccccc3c(=O)[nH]2)C[C@@H]1O. The van der Waals surface area contributed by atoms with Crippen LogP contribution in [0.4, 0.5) is 0 Å². The zero-order valence-corrected chi connectivity index (χ0v) is 14.6. The summed E-state index contributed by atoms with van der Waals surface area (Å²) in [4.78, 5) is 35.3. The predicted molar refractivity (Wildman–Crippen MR) is 95.4 cm³/mol. The number of rotatable bonds is 5. The first-order valence-corrected chi connectivity index (χ1v) is 8.56. The van der Waals surface area contributed by atoms with Crippen molar-refractivity contribution in [1.29, 1.82) is 0 Å². The van der Waals surface area contributed by atoms with Crippen LogP contribution in [0.3, 0.4) is 0 Å². The topological polar surface area (TPSA) is 89.5 Å². The maximum Gasteiger partial charge on any atom is 0.258 e. The van der Waals surface area contributed by atoms with E-state index in [0.29, 0.717) is 49.1 Å². The number of carbonyl (C=O) groups excluding carboxylic acids is 1. The summed E-state index contributed by atoms with van der Waals surface area (Å²) in [5.41, 5.74) is 0.521. The van der Waals surface area contributed by atoms with Crippen molar-refractivity contribution >= 4 is 16.8 Å². The second-order valence-corrected chi connectivity index (χ2v) is 6.78. The Morgan fingerprint density at radius 1 is 1.36 bits per heavy atom. The zero-order chi connectivity index (χ0) is 18.0. The normalized spacial score (nSPS) is 20.6. The Morgan fingerprint density at radius 3 is 2.84 bits per heavy atom. The van der Waals surface area contributed by atoms with Gasteiger partial charge < -0.3 is 19.9 Å². The van der Waals surface area contributed by atoms with Gasteiger partial charge in [0.15, 0.2) is 0 Å². The van der Waals surface area contributed by atoms with E-state index in [1.807, 2.05) is 37.2 Å². The van der Waals surface area contributed by atoms with Gasteiger partial charge in [0.1, 0.15) is 5.82 Å². The maximum atomic E-state index is 12.3. The second kappa shape index (κ2) is 7.33. The number of benzene rings is 1. The average molecular weight is 344 g/mol. The highest BCUT2D eigenvalue weighted by molar-refractivity contribution is 5.77. The molecule has 1 fully saturated rings. The van der Waals surface area contributed by atoms with E-state index in [-0.39, 0.29) is 17.5 Å². The Bertz CT molecular complexity index is 817. The Balaban J connectivity index is 1.56. The number of nitrogens with one attached hydrogen (secondary N) is 1. The van der Waals surface area contributed by atoms with Crippen LogP contribution in [0, 0.1) is 0 Å². The van der Waals surface area contributed by atoms with Crippen molar-refractivity contribution in [3.8, 4) is 0 Å². The van der Waals surface area contributed by atoms with Gasteiger partial charge in [-0.25, -0.2) is 4.98 Å². The number of carbonyl (C=O) groups is 1. The number of amides is 1. The van der Waals surface area contributed by atoms with Gasteiger partial charge in [-0.1, -0.05) is 12.1 Å². The standard InChI is InChI=1S/C18H24N4O3/c1-21(2)14-10-22(11-15(14)23)17(24)9-5-8-16-19-13-7-4-3-6-12(13)18(25)20-16/h3-4,6-7,14-15,23H,5,8-11H2,1-2H3,(H,19,20,25)/t14-,15-/m0/s1. The lowest BCUT2D eigenvalue weighted by Gasteiger charge is -2.21. The van der Waals surface area contributed by atoms with E-state index < -0.39 is 6.10 Å². The highest BCUT2D eigenvalue weighted by Crippen LogP contribution is 2.16. The fraction of sp³-hybridized carbons (Fsp3) is 0.500. The molecule has 7 nitrogen and oxygen atoms in total. The van der Waals surface area contributed by atoms with Crippen molar-refractivity contribution in [2.75, 3.05) is 27.2 Å². The quantitative estimate of drug-likeness (QED) is 0.818. The molecule has 25 heavy (non-hydrogen) atoms. The Morgan fingerprint density at radius 2 is 2.12 bits per heavy atom. The van der Waals surface area contributed by atoms with Crippen LogP contribution in [-0.4, -0.2) is 70.1 Å². The van der Waals surface area contributed by atoms with Crippen molar-refractivity contribution in [2.24, 2.45) is 0 Å². The zero-order valence-electron chi connectivity index (χ0n) is 14.6. The number of likely N-dealkylation sites (N-methyl/N-ethyl adjacent to an activating group) is 1. The number of aliphatic hydroxyl groups is 1. The summed E-state index contributed by atoms with van der Waals surface area (Å²) in [6, 6.07) is 7.20. The minimum Gasteiger partial charge on any atom is -0.390 e. The van der Waals surface area contributed by atoms with Gasteiger partial charge in [0.2, 0.25) is 5.91 Å². The first-order valence-electron chi connectivity index (χ1n) is 8.56. The number of aromatic amines is 1. The van der Waals surface area contributed by atoms with Crippen molar-refractivity contribution in [1.82, 2.24) is 19.8 Å². The van der Waals surface area contributed by atoms with Crippen LogP contribution in [0.15, 0.2) is 29.1 Å². The molecule has 1 aromatic carbocycles. The summed E-state index contributed by atoms with van der Waals surface area (Å²) in [5, 5.41) is 10.6. The molecule has 1 aromatic heterocycles. The maximum absolute atomic E-state index is 12.3. The Kier molecular flexibility index (Phi) is 5.15. The molecular formula is C18H24N4O3. The smallest absolute Gasteiger partial charge is 0.258 e.